The van der Waals surface area contributed by atoms with Gasteiger partial charge in [-0.05, 0) is 0 Å². The van der Waals surface area contributed by atoms with E-state index in [4.69, 9.17) is 24.2 Å². The van der Waals surface area contributed by atoms with Gasteiger partial charge in [-0.2, -0.15) is 4.91 Å². The van der Waals surface area contributed by atoms with E-state index >= 15 is 0 Å². The standard InChI is InChI=1S/HNO.Na.H3O4P/c1-2;;1-5(2,3)4/h1H;;(H3,1,2,3,4)/q;+1;/p-1. The minimum atomic E-state index is -4.89. The van der Waals surface area contributed by atoms with Crippen molar-refractivity contribution in [1.82, 2.24) is 0 Å². The molecule has 0 fully saturated rings. The van der Waals surface area contributed by atoms with Gasteiger partial charge in [0.15, 0.2) is 0 Å². The number of nitroso groups, excluding NO2 is 1. The van der Waals surface area contributed by atoms with Gasteiger partial charge in [0.25, 0.3) is 7.82 Å². The van der Waals surface area contributed by atoms with Gasteiger partial charge in [-0.25, -0.2) is 0 Å². The molecule has 0 aromatic heterocycles. The summed E-state index contributed by atoms with van der Waals surface area (Å²) in [5, 5.41) is 0. The molecule has 0 aliphatic carbocycles. The first-order chi connectivity index (χ1) is 3.00. The van der Waals surface area contributed by atoms with Crippen molar-refractivity contribution in [3.8, 4) is 0 Å². The third-order valence-corrected chi connectivity index (χ3v) is 0. The maximum Gasteiger partial charge on any atom is 1.00 e. The molecular weight excluding hydrogens is 148 g/mol. The van der Waals surface area contributed by atoms with Crippen molar-refractivity contribution in [2.45, 2.75) is 0 Å². The minimum absolute atomic E-state index is 0. The third kappa shape index (κ3) is 434. The van der Waals surface area contributed by atoms with Crippen molar-refractivity contribution < 1.29 is 48.8 Å². The van der Waals surface area contributed by atoms with Crippen LogP contribution in [0.2, 0.25) is 0 Å². The molecule has 44 valence electrons. The Kier molecular flexibility index (Phi) is 15.3. The predicted octanol–water partition coefficient (Wildman–Crippen LogP) is -4.23. The van der Waals surface area contributed by atoms with Crippen molar-refractivity contribution in [2.75, 3.05) is 0 Å². The zero-order chi connectivity index (χ0) is 6.50. The fourth-order valence-corrected chi connectivity index (χ4v) is 0. The zero-order valence-corrected chi connectivity index (χ0v) is 6.96. The Balaban J connectivity index is -0.0000000750. The smallest absolute Gasteiger partial charge is 0.756 e. The molecule has 0 saturated carbocycles. The molecule has 0 unspecified atom stereocenters. The quantitative estimate of drug-likeness (QED) is 0.184. The van der Waals surface area contributed by atoms with Crippen LogP contribution >= 0.6 is 7.82 Å². The summed E-state index contributed by atoms with van der Waals surface area (Å²) in [6.45, 7) is 0. The molecule has 0 aliphatic rings. The monoisotopic (exact) mass is 151 g/mol. The van der Waals surface area contributed by atoms with Crippen molar-refractivity contribution >= 4 is 7.82 Å². The number of rotatable bonds is 0. The second-order valence-electron chi connectivity index (χ2n) is 0.491. The summed E-state index contributed by atoms with van der Waals surface area (Å²) < 4.78 is 8.77. The van der Waals surface area contributed by atoms with Crippen LogP contribution in [0.4, 0.5) is 0 Å². The van der Waals surface area contributed by atoms with E-state index in [1.807, 2.05) is 0 Å². The summed E-state index contributed by atoms with van der Waals surface area (Å²) in [4.78, 5) is 30.4. The van der Waals surface area contributed by atoms with E-state index in [1.54, 1.807) is 0 Å². The summed E-state index contributed by atoms with van der Waals surface area (Å²) in [7, 11) is -4.89. The fraction of sp³-hybridized carbons (Fsp3) is 0. The van der Waals surface area contributed by atoms with Crippen molar-refractivity contribution in [3.05, 3.63) is 4.91 Å². The van der Waals surface area contributed by atoms with Crippen LogP contribution < -0.4 is 34.5 Å². The average molecular weight is 151 g/mol. The zero-order valence-electron chi connectivity index (χ0n) is 4.07. The Morgan fingerprint density at radius 2 is 1.38 bits per heavy atom. The van der Waals surface area contributed by atoms with Gasteiger partial charge in [0.1, 0.15) is 0 Å². The molecule has 0 aromatic carbocycles. The van der Waals surface area contributed by atoms with Crippen LogP contribution in [0.1, 0.15) is 0 Å². The van der Waals surface area contributed by atoms with Gasteiger partial charge in [-0.15, -0.1) is 0 Å². The molecule has 0 heterocycles. The molecular formula is H3NNaO5P. The Morgan fingerprint density at radius 3 is 1.38 bits per heavy atom. The molecule has 0 rings (SSSR count). The van der Waals surface area contributed by atoms with Crippen LogP contribution in [0.15, 0.2) is 0 Å². The number of phosphoric acid groups is 1. The maximum absolute atomic E-state index is 8.77. The van der Waals surface area contributed by atoms with Gasteiger partial charge in [0, 0.05) is 0 Å². The van der Waals surface area contributed by atoms with Gasteiger partial charge in [-0.3, -0.25) is 4.57 Å². The number of hydrogen-bond donors (Lipinski definition) is 3. The number of nitrogens with one attached hydrogen (secondary N) is 1. The summed E-state index contributed by atoms with van der Waals surface area (Å²) in [5.41, 5.74) is 4.50. The molecule has 0 radical (unpaired) electrons. The normalized spacial score (nSPS) is 7.88. The summed E-state index contributed by atoms with van der Waals surface area (Å²) in [6, 6.07) is 0. The first kappa shape index (κ1) is 15.9. The second-order valence-corrected chi connectivity index (χ2v) is 1.47. The molecule has 0 amide bonds. The van der Waals surface area contributed by atoms with Crippen LogP contribution in [-0.2, 0) is 4.57 Å². The van der Waals surface area contributed by atoms with Crippen LogP contribution in [0.5, 0.6) is 0 Å². The molecule has 0 bridgehead atoms. The van der Waals surface area contributed by atoms with Gasteiger partial charge in [0.05, 0.1) is 0 Å². The average Bonchev–Trinajstić information content (AvgIpc) is 1.36. The van der Waals surface area contributed by atoms with Crippen LogP contribution in [-0.4, -0.2) is 9.79 Å². The molecule has 3 N–H and O–H groups in total. The molecule has 0 aromatic rings. The summed E-state index contributed by atoms with van der Waals surface area (Å²) in [5.74, 6) is 0. The fourth-order valence-electron chi connectivity index (χ4n) is 0. The SMILES string of the molecule is N=O.O=P([O-])(O)O.[Na+]. The van der Waals surface area contributed by atoms with E-state index in [0.717, 1.165) is 0 Å². The Hall–Kier alpha value is 0.710. The van der Waals surface area contributed by atoms with Gasteiger partial charge in [0.2, 0.25) is 0 Å². The number of hydrogen-bond acceptors (Lipinski definition) is 4. The van der Waals surface area contributed by atoms with Crippen molar-refractivity contribution in [3.63, 3.8) is 0 Å². The van der Waals surface area contributed by atoms with Gasteiger partial charge in [-0.1, -0.05) is 5.59 Å². The van der Waals surface area contributed by atoms with E-state index in [0.29, 0.717) is 0 Å². The van der Waals surface area contributed by atoms with Crippen molar-refractivity contribution in [1.29, 1.82) is 5.59 Å². The summed E-state index contributed by atoms with van der Waals surface area (Å²) in [6.07, 6.45) is 0. The molecule has 0 saturated heterocycles. The van der Waals surface area contributed by atoms with E-state index in [1.165, 1.54) is 0 Å². The summed E-state index contributed by atoms with van der Waals surface area (Å²) >= 11 is 0. The van der Waals surface area contributed by atoms with Gasteiger partial charge < -0.3 is 14.7 Å². The van der Waals surface area contributed by atoms with Crippen LogP contribution in [0, 0.1) is 10.5 Å². The minimum Gasteiger partial charge on any atom is -0.756 e. The third-order valence-electron chi connectivity index (χ3n) is 0. The second kappa shape index (κ2) is 7.71. The Labute approximate surface area is 67.2 Å². The molecule has 0 spiro atoms. The molecule has 8 heavy (non-hydrogen) atoms. The van der Waals surface area contributed by atoms with E-state index in [-0.39, 0.29) is 29.6 Å². The van der Waals surface area contributed by atoms with Gasteiger partial charge >= 0.3 is 29.6 Å². The Bertz CT molecular complexity index is 68.2. The molecule has 6 nitrogen and oxygen atoms in total. The Morgan fingerprint density at radius 1 is 1.38 bits per heavy atom. The molecule has 8 heteroatoms. The topological polar surface area (TPSA) is 122 Å². The van der Waals surface area contributed by atoms with Crippen molar-refractivity contribution in [2.24, 2.45) is 0 Å². The molecule has 0 atom stereocenters. The largest absolute Gasteiger partial charge is 1.00 e. The maximum atomic E-state index is 8.77. The first-order valence-electron chi connectivity index (χ1n) is 0.969. The van der Waals surface area contributed by atoms with E-state index in [9.17, 15) is 0 Å². The van der Waals surface area contributed by atoms with Crippen LogP contribution in [0.3, 0.4) is 0 Å². The molecule has 0 aliphatic heterocycles. The predicted molar refractivity (Wildman–Crippen MR) is 18.1 cm³/mol. The van der Waals surface area contributed by atoms with E-state index < -0.39 is 7.82 Å². The van der Waals surface area contributed by atoms with E-state index in [2.05, 4.69) is 5.59 Å². The van der Waals surface area contributed by atoms with Crippen LogP contribution in [0.25, 0.3) is 0 Å². The first-order valence-corrected chi connectivity index (χ1v) is 2.50.